The van der Waals surface area contributed by atoms with Crippen molar-refractivity contribution >= 4 is 40.9 Å². The number of rotatable bonds is 9. The number of hydrogen-bond donors (Lipinski definition) is 3. The Hall–Kier alpha value is -3.20. The normalized spacial score (nSPS) is 14.8. The number of carbonyl (C=O) groups excluding carboxylic acids is 2. The lowest BCUT2D eigenvalue weighted by Crippen LogP contribution is -2.37. The molecule has 1 saturated carbocycles. The van der Waals surface area contributed by atoms with Crippen molar-refractivity contribution in [2.45, 2.75) is 57.2 Å². The second-order valence-electron chi connectivity index (χ2n) is 9.30. The summed E-state index contributed by atoms with van der Waals surface area (Å²) in [6, 6.07) is 12.5. The van der Waals surface area contributed by atoms with Gasteiger partial charge in [0.1, 0.15) is 5.69 Å². The fourth-order valence-electron chi connectivity index (χ4n) is 4.51. The first-order chi connectivity index (χ1) is 17.7. The van der Waals surface area contributed by atoms with Crippen molar-refractivity contribution in [1.29, 1.82) is 0 Å². The molecule has 1 aliphatic carbocycles. The second kappa shape index (κ2) is 11.9. The van der Waals surface area contributed by atoms with E-state index in [-0.39, 0.29) is 18.5 Å². The Morgan fingerprint density at radius 3 is 2.30 bits per heavy atom. The fraction of sp³-hybridized carbons (Fsp3) is 0.333. The van der Waals surface area contributed by atoms with Crippen molar-refractivity contribution in [3.8, 4) is 11.3 Å². The topological polar surface area (TPSA) is 127 Å². The lowest BCUT2D eigenvalue weighted by atomic mass is 9.95. The van der Waals surface area contributed by atoms with Gasteiger partial charge >= 0.3 is 5.97 Å². The SMILES string of the molecule is NC(CC(=O)O)C(=O)c1ccc(Cn2nc(-c3cc(Cl)cc(Cl)c3)cc2C(=O)NC2CCCCC2)cc1. The molecule has 4 rings (SSSR count). The molecule has 1 heterocycles. The Balaban J connectivity index is 1.60. The Labute approximate surface area is 224 Å². The first-order valence-corrected chi connectivity index (χ1v) is 12.9. The van der Waals surface area contributed by atoms with Gasteiger partial charge in [0, 0.05) is 27.2 Å². The van der Waals surface area contributed by atoms with E-state index in [1.807, 2.05) is 0 Å². The van der Waals surface area contributed by atoms with Crippen molar-refractivity contribution in [2.24, 2.45) is 5.73 Å². The van der Waals surface area contributed by atoms with Crippen LogP contribution < -0.4 is 11.1 Å². The average molecular weight is 543 g/mol. The Morgan fingerprint density at radius 1 is 1.03 bits per heavy atom. The number of hydrogen-bond acceptors (Lipinski definition) is 5. The monoisotopic (exact) mass is 542 g/mol. The number of aliphatic carboxylic acids is 1. The average Bonchev–Trinajstić information content (AvgIpc) is 3.28. The number of nitrogens with one attached hydrogen (secondary N) is 1. The minimum atomic E-state index is -1.13. The molecule has 8 nitrogen and oxygen atoms in total. The van der Waals surface area contributed by atoms with Gasteiger partial charge in [-0.1, -0.05) is 66.7 Å². The van der Waals surface area contributed by atoms with Gasteiger partial charge in [-0.05, 0) is 42.7 Å². The summed E-state index contributed by atoms with van der Waals surface area (Å²) in [7, 11) is 0. The maximum Gasteiger partial charge on any atom is 0.305 e. The van der Waals surface area contributed by atoms with Gasteiger partial charge in [0.05, 0.1) is 24.7 Å². The van der Waals surface area contributed by atoms with Crippen LogP contribution >= 0.6 is 23.2 Å². The summed E-state index contributed by atoms with van der Waals surface area (Å²) < 4.78 is 1.62. The molecule has 0 spiro atoms. The number of carbonyl (C=O) groups is 3. The van der Waals surface area contributed by atoms with Crippen LogP contribution in [0.5, 0.6) is 0 Å². The molecule has 1 aliphatic rings. The number of amides is 1. The van der Waals surface area contributed by atoms with E-state index in [0.29, 0.717) is 32.6 Å². The van der Waals surface area contributed by atoms with Gasteiger partial charge in [0.15, 0.2) is 5.78 Å². The number of Topliss-reactive ketones (excluding diaryl/α,β-unsaturated/α-hetero) is 1. The highest BCUT2D eigenvalue weighted by atomic mass is 35.5. The smallest absolute Gasteiger partial charge is 0.305 e. The molecule has 10 heteroatoms. The molecule has 0 radical (unpaired) electrons. The molecule has 3 aromatic rings. The molecule has 1 atom stereocenters. The molecule has 1 unspecified atom stereocenters. The maximum atomic E-state index is 13.3. The third-order valence-electron chi connectivity index (χ3n) is 6.41. The van der Waals surface area contributed by atoms with Gasteiger partial charge in [-0.3, -0.25) is 19.1 Å². The number of carboxylic acids is 1. The van der Waals surface area contributed by atoms with Crippen LogP contribution in [0.3, 0.4) is 0 Å². The number of aromatic nitrogens is 2. The van der Waals surface area contributed by atoms with E-state index < -0.39 is 24.2 Å². The molecule has 0 bridgehead atoms. The van der Waals surface area contributed by atoms with Crippen LogP contribution in [0.2, 0.25) is 10.0 Å². The Morgan fingerprint density at radius 2 is 1.68 bits per heavy atom. The standard InChI is InChI=1S/C27H28Cl2N4O4/c28-19-10-18(11-20(29)12-19)23-14-24(27(37)31-21-4-2-1-3-5-21)33(32-23)15-16-6-8-17(9-7-16)26(36)22(30)13-25(34)35/h6-12,14,21-22H,1-5,13,15,30H2,(H,31,37)(H,34,35). The Bertz CT molecular complexity index is 1280. The van der Waals surface area contributed by atoms with Crippen molar-refractivity contribution in [1.82, 2.24) is 15.1 Å². The quantitative estimate of drug-likeness (QED) is 0.328. The molecule has 194 valence electrons. The summed E-state index contributed by atoms with van der Waals surface area (Å²) in [5.74, 6) is -1.78. The first kappa shape index (κ1) is 26.9. The molecule has 2 aromatic carbocycles. The second-order valence-corrected chi connectivity index (χ2v) is 10.2. The van der Waals surface area contributed by atoms with Gasteiger partial charge in [-0.2, -0.15) is 5.10 Å². The molecule has 1 aromatic heterocycles. The van der Waals surface area contributed by atoms with Crippen molar-refractivity contribution < 1.29 is 19.5 Å². The molecule has 0 saturated heterocycles. The molecule has 1 fully saturated rings. The molecular formula is C27H28Cl2N4O4. The van der Waals surface area contributed by atoms with E-state index in [4.69, 9.17) is 34.0 Å². The van der Waals surface area contributed by atoms with Crippen molar-refractivity contribution in [3.05, 3.63) is 75.4 Å². The lowest BCUT2D eigenvalue weighted by Gasteiger charge is -2.22. The predicted molar refractivity (Wildman–Crippen MR) is 142 cm³/mol. The van der Waals surface area contributed by atoms with Gasteiger partial charge < -0.3 is 16.2 Å². The van der Waals surface area contributed by atoms with E-state index in [9.17, 15) is 14.4 Å². The first-order valence-electron chi connectivity index (χ1n) is 12.2. The van der Waals surface area contributed by atoms with E-state index in [1.165, 1.54) is 6.42 Å². The molecule has 4 N–H and O–H groups in total. The number of halogens is 2. The third-order valence-corrected chi connectivity index (χ3v) is 6.85. The minimum absolute atomic E-state index is 0.133. The number of nitrogens with zero attached hydrogens (tertiary/aromatic N) is 2. The van der Waals surface area contributed by atoms with Gasteiger partial charge in [0.25, 0.3) is 5.91 Å². The number of nitrogens with two attached hydrogens (primary N) is 1. The molecule has 0 aliphatic heterocycles. The van der Waals surface area contributed by atoms with Crippen LogP contribution in [-0.2, 0) is 11.3 Å². The predicted octanol–water partition coefficient (Wildman–Crippen LogP) is 4.95. The summed E-state index contributed by atoms with van der Waals surface area (Å²) in [4.78, 5) is 36.6. The molecule has 37 heavy (non-hydrogen) atoms. The van der Waals surface area contributed by atoms with E-state index in [0.717, 1.165) is 31.2 Å². The zero-order valence-corrected chi connectivity index (χ0v) is 21.6. The van der Waals surface area contributed by atoms with Crippen LogP contribution in [0.25, 0.3) is 11.3 Å². The summed E-state index contributed by atoms with van der Waals surface area (Å²) in [5, 5.41) is 17.6. The molecule has 1 amide bonds. The maximum absolute atomic E-state index is 13.3. The van der Waals surface area contributed by atoms with E-state index >= 15 is 0 Å². The van der Waals surface area contributed by atoms with Gasteiger partial charge in [-0.25, -0.2) is 0 Å². The number of ketones is 1. The highest BCUT2D eigenvalue weighted by Gasteiger charge is 2.22. The van der Waals surface area contributed by atoms with Crippen LogP contribution in [0.1, 0.15) is 64.9 Å². The van der Waals surface area contributed by atoms with Crippen LogP contribution in [-0.4, -0.2) is 44.6 Å². The highest BCUT2D eigenvalue weighted by Crippen LogP contribution is 2.28. The number of carboxylic acid groups (broad SMARTS) is 1. The van der Waals surface area contributed by atoms with Crippen molar-refractivity contribution in [2.75, 3.05) is 0 Å². The summed E-state index contributed by atoms with van der Waals surface area (Å²) >= 11 is 12.4. The van der Waals surface area contributed by atoms with Crippen molar-refractivity contribution in [3.63, 3.8) is 0 Å². The number of benzene rings is 2. The van der Waals surface area contributed by atoms with Crippen LogP contribution in [0.15, 0.2) is 48.5 Å². The Kier molecular flexibility index (Phi) is 8.63. The summed E-state index contributed by atoms with van der Waals surface area (Å²) in [5.41, 5.74) is 8.49. The zero-order valence-electron chi connectivity index (χ0n) is 20.1. The lowest BCUT2D eigenvalue weighted by molar-refractivity contribution is -0.137. The van der Waals surface area contributed by atoms with Crippen LogP contribution in [0, 0.1) is 0 Å². The largest absolute Gasteiger partial charge is 0.481 e. The van der Waals surface area contributed by atoms with E-state index in [1.54, 1.807) is 53.2 Å². The minimum Gasteiger partial charge on any atom is -0.481 e. The zero-order chi connectivity index (χ0) is 26.5. The van der Waals surface area contributed by atoms with Gasteiger partial charge in [0.2, 0.25) is 0 Å². The third kappa shape index (κ3) is 6.97. The highest BCUT2D eigenvalue weighted by molar-refractivity contribution is 6.35. The van der Waals surface area contributed by atoms with Gasteiger partial charge in [-0.15, -0.1) is 0 Å². The summed E-state index contributed by atoms with van der Waals surface area (Å²) in [6.45, 7) is 0.275. The van der Waals surface area contributed by atoms with E-state index in [2.05, 4.69) is 10.4 Å². The fourth-order valence-corrected chi connectivity index (χ4v) is 5.04. The van der Waals surface area contributed by atoms with Crippen LogP contribution in [0.4, 0.5) is 0 Å². The summed E-state index contributed by atoms with van der Waals surface area (Å²) in [6.07, 6.45) is 4.84. The molecular weight excluding hydrogens is 515 g/mol.